The summed E-state index contributed by atoms with van der Waals surface area (Å²) in [7, 11) is 1.59. The van der Waals surface area contributed by atoms with Crippen LogP contribution in [0, 0.1) is 0 Å². The molecule has 0 aliphatic rings. The van der Waals surface area contributed by atoms with E-state index in [-0.39, 0.29) is 11.8 Å². The van der Waals surface area contributed by atoms with Crippen LogP contribution in [-0.2, 0) is 16.1 Å². The molecule has 0 fully saturated rings. The van der Waals surface area contributed by atoms with Crippen molar-refractivity contribution in [3.05, 3.63) is 29.8 Å². The van der Waals surface area contributed by atoms with Gasteiger partial charge in [0.2, 0.25) is 11.8 Å². The molecule has 0 heterocycles. The number of hydrogen-bond acceptors (Lipinski definition) is 3. The molecule has 5 heteroatoms. The molecule has 1 atom stereocenters. The molecule has 5 nitrogen and oxygen atoms in total. The number of nitrogens with one attached hydrogen (secondary N) is 2. The second kappa shape index (κ2) is 6.64. The van der Waals surface area contributed by atoms with E-state index in [1.807, 2.05) is 24.3 Å². The molecule has 2 amide bonds. The van der Waals surface area contributed by atoms with Gasteiger partial charge in [-0.1, -0.05) is 12.1 Å². The fourth-order valence-corrected chi connectivity index (χ4v) is 1.50. The van der Waals surface area contributed by atoms with Crippen LogP contribution >= 0.6 is 0 Å². The molecule has 0 saturated heterocycles. The summed E-state index contributed by atoms with van der Waals surface area (Å²) in [6, 6.07) is 6.91. The predicted molar refractivity (Wildman–Crippen MR) is 68.1 cm³/mol. The molecule has 0 aliphatic heterocycles. The quantitative estimate of drug-likeness (QED) is 0.813. The summed E-state index contributed by atoms with van der Waals surface area (Å²) in [5, 5.41) is 5.27. The summed E-state index contributed by atoms with van der Waals surface area (Å²) in [6.07, 6.45) is 0. The van der Waals surface area contributed by atoms with Crippen LogP contribution in [0.15, 0.2) is 24.3 Å². The number of carbonyl (C=O) groups excluding carboxylic acids is 2. The minimum absolute atomic E-state index is 0.215. The Labute approximate surface area is 107 Å². The summed E-state index contributed by atoms with van der Waals surface area (Å²) in [4.78, 5) is 22.5. The van der Waals surface area contributed by atoms with E-state index in [4.69, 9.17) is 4.74 Å². The molecule has 0 unspecified atom stereocenters. The Morgan fingerprint density at radius 1 is 1.39 bits per heavy atom. The number of methoxy groups -OCH3 is 1. The third-order valence-corrected chi connectivity index (χ3v) is 2.41. The van der Waals surface area contributed by atoms with Gasteiger partial charge in [-0.25, -0.2) is 0 Å². The van der Waals surface area contributed by atoms with Crippen molar-refractivity contribution in [1.29, 1.82) is 0 Å². The van der Waals surface area contributed by atoms with Crippen LogP contribution in [0.25, 0.3) is 0 Å². The van der Waals surface area contributed by atoms with Crippen molar-refractivity contribution >= 4 is 11.8 Å². The third-order valence-electron chi connectivity index (χ3n) is 2.41. The van der Waals surface area contributed by atoms with Crippen LogP contribution in [0.4, 0.5) is 0 Å². The molecule has 2 N–H and O–H groups in total. The monoisotopic (exact) mass is 250 g/mol. The van der Waals surface area contributed by atoms with Crippen LogP contribution in [0.2, 0.25) is 0 Å². The molecule has 18 heavy (non-hydrogen) atoms. The molecule has 0 spiro atoms. The number of hydrogen-bond donors (Lipinski definition) is 2. The van der Waals surface area contributed by atoms with E-state index in [9.17, 15) is 9.59 Å². The third kappa shape index (κ3) is 4.45. The lowest BCUT2D eigenvalue weighted by molar-refractivity contribution is -0.127. The van der Waals surface area contributed by atoms with Crippen LogP contribution in [0.1, 0.15) is 19.4 Å². The Kier molecular flexibility index (Phi) is 5.17. The first-order valence-corrected chi connectivity index (χ1v) is 5.70. The molecule has 0 radical (unpaired) electrons. The summed E-state index contributed by atoms with van der Waals surface area (Å²) in [5.41, 5.74) is 0.942. The molecule has 98 valence electrons. The van der Waals surface area contributed by atoms with Gasteiger partial charge in [-0.3, -0.25) is 9.59 Å². The topological polar surface area (TPSA) is 67.4 Å². The fraction of sp³-hybridized carbons (Fsp3) is 0.385. The highest BCUT2D eigenvalue weighted by Crippen LogP contribution is 2.12. The lowest BCUT2D eigenvalue weighted by Gasteiger charge is -2.13. The van der Waals surface area contributed by atoms with Crippen molar-refractivity contribution in [2.45, 2.75) is 26.4 Å². The number of benzene rings is 1. The Morgan fingerprint density at radius 2 is 2.11 bits per heavy atom. The first kappa shape index (κ1) is 14.0. The summed E-state index contributed by atoms with van der Waals surface area (Å²) in [5.74, 6) is 0.309. The van der Waals surface area contributed by atoms with E-state index in [0.717, 1.165) is 11.3 Å². The van der Waals surface area contributed by atoms with E-state index < -0.39 is 6.04 Å². The second-order valence-corrected chi connectivity index (χ2v) is 3.99. The van der Waals surface area contributed by atoms with Gasteiger partial charge in [0.25, 0.3) is 0 Å². The van der Waals surface area contributed by atoms with Gasteiger partial charge in [0.15, 0.2) is 0 Å². The van der Waals surface area contributed by atoms with E-state index >= 15 is 0 Å². The molecule has 0 bridgehead atoms. The zero-order valence-electron chi connectivity index (χ0n) is 10.8. The maximum Gasteiger partial charge on any atom is 0.242 e. The number of amides is 2. The van der Waals surface area contributed by atoms with Crippen molar-refractivity contribution in [2.24, 2.45) is 0 Å². The Hall–Kier alpha value is -2.04. The standard InChI is InChI=1S/C13H18N2O3/c1-9(15-10(2)16)13(17)14-8-11-5-4-6-12(7-11)18-3/h4-7,9H,8H2,1-3H3,(H,14,17)(H,15,16)/t9-/m0/s1. The summed E-state index contributed by atoms with van der Waals surface area (Å²) in [6.45, 7) is 3.42. The maximum atomic E-state index is 11.6. The number of rotatable bonds is 5. The van der Waals surface area contributed by atoms with Gasteiger partial charge < -0.3 is 15.4 Å². The van der Waals surface area contributed by atoms with Crippen molar-refractivity contribution < 1.29 is 14.3 Å². The average Bonchev–Trinajstić information content (AvgIpc) is 2.35. The van der Waals surface area contributed by atoms with Crippen molar-refractivity contribution in [2.75, 3.05) is 7.11 Å². The lowest BCUT2D eigenvalue weighted by atomic mass is 10.2. The van der Waals surface area contributed by atoms with E-state index in [1.165, 1.54) is 6.92 Å². The lowest BCUT2D eigenvalue weighted by Crippen LogP contribution is -2.43. The van der Waals surface area contributed by atoms with E-state index in [0.29, 0.717) is 6.54 Å². The van der Waals surface area contributed by atoms with Crippen molar-refractivity contribution in [3.63, 3.8) is 0 Å². The van der Waals surface area contributed by atoms with Crippen LogP contribution in [-0.4, -0.2) is 25.0 Å². The second-order valence-electron chi connectivity index (χ2n) is 3.99. The van der Waals surface area contributed by atoms with Gasteiger partial charge in [-0.05, 0) is 24.6 Å². The van der Waals surface area contributed by atoms with E-state index in [2.05, 4.69) is 10.6 Å². The van der Waals surface area contributed by atoms with Gasteiger partial charge >= 0.3 is 0 Å². The van der Waals surface area contributed by atoms with Gasteiger partial charge in [0, 0.05) is 13.5 Å². The molecule has 0 aliphatic carbocycles. The molecule has 0 saturated carbocycles. The minimum atomic E-state index is -0.534. The number of carbonyl (C=O) groups is 2. The van der Waals surface area contributed by atoms with Crippen LogP contribution in [0.5, 0.6) is 5.75 Å². The Balaban J connectivity index is 2.49. The molecule has 1 rings (SSSR count). The highest BCUT2D eigenvalue weighted by atomic mass is 16.5. The van der Waals surface area contributed by atoms with Gasteiger partial charge in [-0.15, -0.1) is 0 Å². The Morgan fingerprint density at radius 3 is 2.72 bits per heavy atom. The first-order chi connectivity index (χ1) is 8.52. The largest absolute Gasteiger partial charge is 0.497 e. The van der Waals surface area contributed by atoms with Crippen LogP contribution in [0.3, 0.4) is 0 Å². The van der Waals surface area contributed by atoms with Gasteiger partial charge in [0.05, 0.1) is 7.11 Å². The summed E-state index contributed by atoms with van der Waals surface area (Å²) < 4.78 is 5.09. The van der Waals surface area contributed by atoms with Gasteiger partial charge in [0.1, 0.15) is 11.8 Å². The highest BCUT2D eigenvalue weighted by Gasteiger charge is 2.12. The fourth-order valence-electron chi connectivity index (χ4n) is 1.50. The first-order valence-electron chi connectivity index (χ1n) is 5.70. The van der Waals surface area contributed by atoms with Crippen molar-refractivity contribution in [3.8, 4) is 5.75 Å². The zero-order valence-corrected chi connectivity index (χ0v) is 10.8. The molecular weight excluding hydrogens is 232 g/mol. The van der Waals surface area contributed by atoms with Crippen molar-refractivity contribution in [1.82, 2.24) is 10.6 Å². The Bertz CT molecular complexity index is 432. The van der Waals surface area contributed by atoms with E-state index in [1.54, 1.807) is 14.0 Å². The molecule has 1 aromatic carbocycles. The molecule has 1 aromatic rings. The minimum Gasteiger partial charge on any atom is -0.497 e. The zero-order chi connectivity index (χ0) is 13.5. The van der Waals surface area contributed by atoms with Gasteiger partial charge in [-0.2, -0.15) is 0 Å². The SMILES string of the molecule is COc1cccc(CNC(=O)[C@H](C)NC(C)=O)c1. The predicted octanol–water partition coefficient (Wildman–Crippen LogP) is 0.836. The number of ether oxygens (including phenoxy) is 1. The normalized spacial score (nSPS) is 11.5. The summed E-state index contributed by atoms with van der Waals surface area (Å²) >= 11 is 0. The maximum absolute atomic E-state index is 11.6. The average molecular weight is 250 g/mol. The molecule has 0 aromatic heterocycles. The molecular formula is C13H18N2O3. The highest BCUT2D eigenvalue weighted by molar-refractivity contribution is 5.86. The smallest absolute Gasteiger partial charge is 0.242 e. The van der Waals surface area contributed by atoms with Crippen LogP contribution < -0.4 is 15.4 Å².